The van der Waals surface area contributed by atoms with Gasteiger partial charge in [0.15, 0.2) is 0 Å². The molecule has 1 aliphatic rings. The summed E-state index contributed by atoms with van der Waals surface area (Å²) in [6.07, 6.45) is 7.27. The van der Waals surface area contributed by atoms with E-state index in [-0.39, 0.29) is 0 Å². The Hall–Kier alpha value is -0.960. The van der Waals surface area contributed by atoms with Gasteiger partial charge in [0.2, 0.25) is 0 Å². The molecule has 0 aromatic carbocycles. The number of aryl methyl sites for hydroxylation is 1. The Bertz CT molecular complexity index is 378. The van der Waals surface area contributed by atoms with Crippen molar-refractivity contribution in [3.63, 3.8) is 0 Å². The van der Waals surface area contributed by atoms with Gasteiger partial charge < -0.3 is 5.32 Å². The molecule has 0 radical (unpaired) electrons. The summed E-state index contributed by atoms with van der Waals surface area (Å²) >= 11 is 0. The molecule has 0 saturated heterocycles. The molecule has 0 amide bonds. The van der Waals surface area contributed by atoms with E-state index in [4.69, 9.17) is 0 Å². The van der Waals surface area contributed by atoms with Crippen LogP contribution in [0.4, 0.5) is 0 Å². The van der Waals surface area contributed by atoms with Gasteiger partial charge in [-0.15, -0.1) is 0 Å². The highest BCUT2D eigenvalue weighted by molar-refractivity contribution is 5.09. The average Bonchev–Trinajstić information content (AvgIpc) is 2.36. The van der Waals surface area contributed by atoms with Crippen molar-refractivity contribution in [2.45, 2.75) is 52.5 Å². The van der Waals surface area contributed by atoms with E-state index in [9.17, 15) is 0 Å². The third kappa shape index (κ3) is 3.29. The van der Waals surface area contributed by atoms with E-state index in [2.05, 4.69) is 35.2 Å². The van der Waals surface area contributed by atoms with E-state index in [1.165, 1.54) is 31.4 Å². The van der Waals surface area contributed by atoms with Crippen LogP contribution in [0.15, 0.2) is 12.3 Å². The lowest BCUT2D eigenvalue weighted by Crippen LogP contribution is -2.32. The molecule has 1 N–H and O–H groups in total. The van der Waals surface area contributed by atoms with Crippen molar-refractivity contribution in [3.05, 3.63) is 23.8 Å². The largest absolute Gasteiger partial charge is 0.309 e. The minimum atomic E-state index is 0.402. The second-order valence-electron chi connectivity index (χ2n) is 5.60. The maximum atomic E-state index is 4.62. The first-order valence-electron chi connectivity index (χ1n) is 7.23. The van der Waals surface area contributed by atoms with Gasteiger partial charge in [0, 0.05) is 6.20 Å². The second-order valence-corrected chi connectivity index (χ2v) is 5.60. The highest BCUT2D eigenvalue weighted by Crippen LogP contribution is 2.36. The molecule has 100 valence electrons. The molecular formula is C15H25N3. The van der Waals surface area contributed by atoms with Crippen LogP contribution < -0.4 is 5.32 Å². The van der Waals surface area contributed by atoms with Crippen LogP contribution in [0, 0.1) is 18.8 Å². The Kier molecular flexibility index (Phi) is 4.70. The van der Waals surface area contributed by atoms with Crippen LogP contribution in [0.5, 0.6) is 0 Å². The Morgan fingerprint density at radius 1 is 1.44 bits per heavy atom. The highest BCUT2D eigenvalue weighted by Gasteiger charge is 2.28. The van der Waals surface area contributed by atoms with E-state index in [0.717, 1.165) is 24.2 Å². The fraction of sp³-hybridized carbons (Fsp3) is 0.733. The molecule has 18 heavy (non-hydrogen) atoms. The molecule has 1 aromatic heterocycles. The first-order chi connectivity index (χ1) is 8.70. The summed E-state index contributed by atoms with van der Waals surface area (Å²) in [6.45, 7) is 7.52. The third-order valence-electron chi connectivity index (χ3n) is 3.99. The molecule has 3 atom stereocenters. The van der Waals surface area contributed by atoms with Gasteiger partial charge in [0.25, 0.3) is 0 Å². The van der Waals surface area contributed by atoms with Crippen molar-refractivity contribution in [3.8, 4) is 0 Å². The van der Waals surface area contributed by atoms with E-state index in [0.29, 0.717) is 6.04 Å². The standard InChI is InChI=1S/C15H25N3/c1-4-16-15(13-7-5-6-11(2)10-13)14-8-9-17-12(3)18-14/h8-9,11,13,15-16H,4-7,10H2,1-3H3. The predicted molar refractivity (Wildman–Crippen MR) is 74.3 cm³/mol. The molecule has 3 heteroatoms. The van der Waals surface area contributed by atoms with Gasteiger partial charge >= 0.3 is 0 Å². The van der Waals surface area contributed by atoms with Gasteiger partial charge in [-0.3, -0.25) is 0 Å². The van der Waals surface area contributed by atoms with E-state index in [1.54, 1.807) is 0 Å². The minimum absolute atomic E-state index is 0.402. The van der Waals surface area contributed by atoms with E-state index in [1.807, 2.05) is 13.1 Å². The van der Waals surface area contributed by atoms with Crippen molar-refractivity contribution in [2.24, 2.45) is 11.8 Å². The zero-order valence-corrected chi connectivity index (χ0v) is 11.8. The van der Waals surface area contributed by atoms with Crippen molar-refractivity contribution >= 4 is 0 Å². The second kappa shape index (κ2) is 6.28. The Morgan fingerprint density at radius 3 is 2.94 bits per heavy atom. The Balaban J connectivity index is 2.16. The number of hydrogen-bond donors (Lipinski definition) is 1. The maximum Gasteiger partial charge on any atom is 0.125 e. The van der Waals surface area contributed by atoms with Crippen LogP contribution in [-0.2, 0) is 0 Å². The van der Waals surface area contributed by atoms with Gasteiger partial charge in [0.1, 0.15) is 5.82 Å². The fourth-order valence-corrected chi connectivity index (χ4v) is 3.16. The molecule has 1 aromatic rings. The topological polar surface area (TPSA) is 37.8 Å². The van der Waals surface area contributed by atoms with Gasteiger partial charge in [-0.25, -0.2) is 9.97 Å². The smallest absolute Gasteiger partial charge is 0.125 e. The van der Waals surface area contributed by atoms with Crippen LogP contribution in [0.1, 0.15) is 57.1 Å². The first-order valence-corrected chi connectivity index (χ1v) is 7.23. The zero-order chi connectivity index (χ0) is 13.0. The van der Waals surface area contributed by atoms with Crippen molar-refractivity contribution in [1.29, 1.82) is 0 Å². The summed E-state index contributed by atoms with van der Waals surface area (Å²) in [5, 5.41) is 3.63. The molecule has 1 saturated carbocycles. The normalized spacial score (nSPS) is 25.9. The molecule has 1 fully saturated rings. The van der Waals surface area contributed by atoms with Crippen molar-refractivity contribution in [2.75, 3.05) is 6.54 Å². The third-order valence-corrected chi connectivity index (χ3v) is 3.99. The summed E-state index contributed by atoms with van der Waals surface area (Å²) < 4.78 is 0. The lowest BCUT2D eigenvalue weighted by Gasteiger charge is -2.33. The zero-order valence-electron chi connectivity index (χ0n) is 11.8. The Labute approximate surface area is 110 Å². The van der Waals surface area contributed by atoms with E-state index < -0.39 is 0 Å². The molecule has 1 aliphatic carbocycles. The lowest BCUT2D eigenvalue weighted by molar-refractivity contribution is 0.222. The number of aromatic nitrogens is 2. The molecule has 3 unspecified atom stereocenters. The summed E-state index contributed by atoms with van der Waals surface area (Å²) in [5.41, 5.74) is 1.17. The lowest BCUT2D eigenvalue weighted by atomic mass is 9.77. The number of nitrogens with one attached hydrogen (secondary N) is 1. The first kappa shape index (κ1) is 13.5. The van der Waals surface area contributed by atoms with Gasteiger partial charge in [0.05, 0.1) is 11.7 Å². The fourth-order valence-electron chi connectivity index (χ4n) is 3.16. The van der Waals surface area contributed by atoms with Crippen LogP contribution in [-0.4, -0.2) is 16.5 Å². The maximum absolute atomic E-state index is 4.62. The van der Waals surface area contributed by atoms with Crippen LogP contribution in [0.25, 0.3) is 0 Å². The van der Waals surface area contributed by atoms with Gasteiger partial charge in [-0.2, -0.15) is 0 Å². The number of hydrogen-bond acceptors (Lipinski definition) is 3. The van der Waals surface area contributed by atoms with Crippen molar-refractivity contribution in [1.82, 2.24) is 15.3 Å². The van der Waals surface area contributed by atoms with Crippen LogP contribution in [0.2, 0.25) is 0 Å². The van der Waals surface area contributed by atoms with E-state index >= 15 is 0 Å². The Morgan fingerprint density at radius 2 is 2.28 bits per heavy atom. The molecule has 1 heterocycles. The van der Waals surface area contributed by atoms with Crippen LogP contribution >= 0.6 is 0 Å². The molecule has 3 nitrogen and oxygen atoms in total. The monoisotopic (exact) mass is 247 g/mol. The predicted octanol–water partition coefficient (Wildman–Crippen LogP) is 3.26. The molecule has 0 aliphatic heterocycles. The minimum Gasteiger partial charge on any atom is -0.309 e. The molecule has 0 spiro atoms. The van der Waals surface area contributed by atoms with Gasteiger partial charge in [-0.05, 0) is 44.2 Å². The molecule has 2 rings (SSSR count). The van der Waals surface area contributed by atoms with Crippen LogP contribution in [0.3, 0.4) is 0 Å². The average molecular weight is 247 g/mol. The highest BCUT2D eigenvalue weighted by atomic mass is 15.0. The number of rotatable bonds is 4. The summed E-state index contributed by atoms with van der Waals surface area (Å²) in [5.74, 6) is 2.45. The number of nitrogens with zero attached hydrogens (tertiary/aromatic N) is 2. The molecular weight excluding hydrogens is 222 g/mol. The SMILES string of the molecule is CCNC(c1ccnc(C)n1)C1CCCC(C)C1. The van der Waals surface area contributed by atoms with Gasteiger partial charge in [-0.1, -0.05) is 26.7 Å². The summed E-state index contributed by atoms with van der Waals surface area (Å²) in [4.78, 5) is 8.82. The summed E-state index contributed by atoms with van der Waals surface area (Å²) in [7, 11) is 0. The quantitative estimate of drug-likeness (QED) is 0.887. The molecule has 0 bridgehead atoms. The summed E-state index contributed by atoms with van der Waals surface area (Å²) in [6, 6.07) is 2.47. The van der Waals surface area contributed by atoms with Crippen molar-refractivity contribution < 1.29 is 0 Å².